The molecule has 4 nitrogen and oxygen atoms in total. The first kappa shape index (κ1) is 31.9. The first-order valence-corrected chi connectivity index (χ1v) is 15.2. The summed E-state index contributed by atoms with van der Waals surface area (Å²) in [6.07, 6.45) is 16.8. The van der Waals surface area contributed by atoms with E-state index >= 15 is 0 Å². The van der Waals surface area contributed by atoms with Gasteiger partial charge in [-0.05, 0) is 37.0 Å². The van der Waals surface area contributed by atoms with Gasteiger partial charge in [0.25, 0.3) is 0 Å². The number of ether oxygens (including phenoxy) is 2. The molecule has 4 heteroatoms. The molecule has 0 aliphatic heterocycles. The third kappa shape index (κ3) is 14.0. The minimum atomic E-state index is -0.177. The van der Waals surface area contributed by atoms with Crippen molar-refractivity contribution in [3.63, 3.8) is 0 Å². The highest BCUT2D eigenvalue weighted by Crippen LogP contribution is 2.19. The van der Waals surface area contributed by atoms with E-state index in [0.29, 0.717) is 0 Å². The van der Waals surface area contributed by atoms with Crippen molar-refractivity contribution < 1.29 is 18.8 Å². The van der Waals surface area contributed by atoms with Crippen LogP contribution in [0.5, 0.6) is 5.75 Å². The van der Waals surface area contributed by atoms with Crippen molar-refractivity contribution >= 4 is 5.97 Å². The largest absolute Gasteiger partial charge is 0.457 e. The van der Waals surface area contributed by atoms with Crippen molar-refractivity contribution in [2.24, 2.45) is 5.92 Å². The third-order valence-electron chi connectivity index (χ3n) is 7.39. The molecule has 0 aliphatic carbocycles. The fraction of sp³-hybridized carbons (Fsp3) is 0.618. The number of esters is 1. The van der Waals surface area contributed by atoms with Crippen LogP contribution in [0.4, 0.5) is 0 Å². The smallest absolute Gasteiger partial charge is 0.317 e. The lowest BCUT2D eigenvalue weighted by Gasteiger charge is -2.32. The second-order valence-corrected chi connectivity index (χ2v) is 11.5. The van der Waals surface area contributed by atoms with Gasteiger partial charge in [-0.2, -0.15) is 0 Å². The standard InChI is InChI=1S/C34H54NO3/c1-5-7-8-9-10-11-12-13-14-15-17-21-30-24-20-25-33(26-30)37-29-38-34(36)32(6-2)28-35(3,4)27-31-22-18-16-19-23-31/h16,18-20,22-26,32H,5-15,17,21,27-29H2,1-4H3/q+1. The Morgan fingerprint density at radius 3 is 2.00 bits per heavy atom. The molecule has 0 bridgehead atoms. The number of aryl methyl sites for hydroxylation is 1. The number of rotatable bonds is 21. The normalized spacial score (nSPS) is 12.3. The summed E-state index contributed by atoms with van der Waals surface area (Å²) in [6.45, 7) is 5.90. The number of carbonyl (C=O) groups is 1. The topological polar surface area (TPSA) is 35.5 Å². The van der Waals surface area contributed by atoms with E-state index < -0.39 is 0 Å². The van der Waals surface area contributed by atoms with Gasteiger partial charge in [-0.15, -0.1) is 0 Å². The van der Waals surface area contributed by atoms with Crippen molar-refractivity contribution in [3.05, 3.63) is 65.7 Å². The molecule has 0 N–H and O–H groups in total. The van der Waals surface area contributed by atoms with Crippen LogP contribution in [-0.4, -0.2) is 37.9 Å². The minimum absolute atomic E-state index is 0.0383. The molecule has 0 saturated carbocycles. The molecular formula is C34H54NO3+. The molecule has 1 unspecified atom stereocenters. The second kappa shape index (κ2) is 18.8. The molecule has 0 aliphatic rings. The van der Waals surface area contributed by atoms with E-state index in [2.05, 4.69) is 57.4 Å². The lowest BCUT2D eigenvalue weighted by atomic mass is 10.0. The number of quaternary nitrogens is 1. The van der Waals surface area contributed by atoms with Crippen molar-refractivity contribution in [2.45, 2.75) is 104 Å². The van der Waals surface area contributed by atoms with E-state index in [1.54, 1.807) is 0 Å². The maximum atomic E-state index is 12.8. The molecule has 2 aromatic carbocycles. The summed E-state index contributed by atoms with van der Waals surface area (Å²) in [5, 5.41) is 0. The Bertz CT molecular complexity index is 880. The van der Waals surface area contributed by atoms with Crippen LogP contribution in [0.3, 0.4) is 0 Å². The Kier molecular flexibility index (Phi) is 15.8. The predicted octanol–water partition coefficient (Wildman–Crippen LogP) is 8.72. The van der Waals surface area contributed by atoms with Crippen LogP contribution >= 0.6 is 0 Å². The summed E-state index contributed by atoms with van der Waals surface area (Å²) in [6, 6.07) is 18.6. The zero-order valence-electron chi connectivity index (χ0n) is 24.8. The number of hydrogen-bond donors (Lipinski definition) is 0. The summed E-state index contributed by atoms with van der Waals surface area (Å²) in [5.74, 6) is 0.445. The highest BCUT2D eigenvalue weighted by Gasteiger charge is 2.28. The summed E-state index contributed by atoms with van der Waals surface area (Å²) in [5.41, 5.74) is 2.56. The fourth-order valence-corrected chi connectivity index (χ4v) is 5.17. The van der Waals surface area contributed by atoms with Crippen molar-refractivity contribution in [1.29, 1.82) is 0 Å². The number of hydrogen-bond acceptors (Lipinski definition) is 3. The molecule has 0 aromatic heterocycles. The quantitative estimate of drug-likeness (QED) is 0.0709. The van der Waals surface area contributed by atoms with Crippen LogP contribution in [0.15, 0.2) is 54.6 Å². The average molecular weight is 525 g/mol. The molecule has 0 amide bonds. The van der Waals surface area contributed by atoms with E-state index in [4.69, 9.17) is 9.47 Å². The van der Waals surface area contributed by atoms with Crippen LogP contribution in [0, 0.1) is 5.92 Å². The van der Waals surface area contributed by atoms with E-state index in [1.165, 1.54) is 81.8 Å². The molecule has 0 heterocycles. The predicted molar refractivity (Wildman–Crippen MR) is 159 cm³/mol. The van der Waals surface area contributed by atoms with Gasteiger partial charge in [0.2, 0.25) is 6.79 Å². The van der Waals surface area contributed by atoms with Gasteiger partial charge in [0.15, 0.2) is 0 Å². The second-order valence-electron chi connectivity index (χ2n) is 11.5. The van der Waals surface area contributed by atoms with Crippen LogP contribution < -0.4 is 4.74 Å². The van der Waals surface area contributed by atoms with Gasteiger partial charge in [-0.3, -0.25) is 4.79 Å². The first-order valence-electron chi connectivity index (χ1n) is 15.2. The number of unbranched alkanes of at least 4 members (excludes halogenated alkanes) is 10. The average Bonchev–Trinajstić information content (AvgIpc) is 2.91. The molecule has 0 fully saturated rings. The first-order chi connectivity index (χ1) is 18.4. The van der Waals surface area contributed by atoms with Crippen LogP contribution in [0.25, 0.3) is 0 Å². The van der Waals surface area contributed by atoms with E-state index in [9.17, 15) is 4.79 Å². The zero-order chi connectivity index (χ0) is 27.5. The molecular weight excluding hydrogens is 470 g/mol. The Morgan fingerprint density at radius 2 is 1.37 bits per heavy atom. The Labute approximate surface area is 233 Å². The Hall–Kier alpha value is -2.33. The zero-order valence-corrected chi connectivity index (χ0v) is 24.8. The summed E-state index contributed by atoms with van der Waals surface area (Å²) in [7, 11) is 4.33. The number of carbonyl (C=O) groups excluding carboxylic acids is 1. The fourth-order valence-electron chi connectivity index (χ4n) is 5.17. The van der Waals surface area contributed by atoms with E-state index in [-0.39, 0.29) is 18.7 Å². The summed E-state index contributed by atoms with van der Waals surface area (Å²) >= 11 is 0. The molecule has 0 saturated heterocycles. The van der Waals surface area contributed by atoms with Gasteiger partial charge >= 0.3 is 5.97 Å². The maximum absolute atomic E-state index is 12.8. The van der Waals surface area contributed by atoms with E-state index in [1.807, 2.05) is 25.1 Å². The lowest BCUT2D eigenvalue weighted by Crippen LogP contribution is -2.44. The molecule has 0 radical (unpaired) electrons. The molecule has 1 atom stereocenters. The molecule has 2 aromatic rings. The van der Waals surface area contributed by atoms with Crippen molar-refractivity contribution in [2.75, 3.05) is 27.4 Å². The van der Waals surface area contributed by atoms with Gasteiger partial charge in [0.05, 0.1) is 20.6 Å². The summed E-state index contributed by atoms with van der Waals surface area (Å²) in [4.78, 5) is 12.8. The molecule has 2 rings (SSSR count). The molecule has 0 spiro atoms. The highest BCUT2D eigenvalue weighted by atomic mass is 16.7. The van der Waals surface area contributed by atoms with Gasteiger partial charge in [0.1, 0.15) is 18.2 Å². The third-order valence-corrected chi connectivity index (χ3v) is 7.39. The van der Waals surface area contributed by atoms with Gasteiger partial charge < -0.3 is 14.0 Å². The highest BCUT2D eigenvalue weighted by molar-refractivity contribution is 5.72. The monoisotopic (exact) mass is 524 g/mol. The Morgan fingerprint density at radius 1 is 0.763 bits per heavy atom. The van der Waals surface area contributed by atoms with Crippen LogP contribution in [-0.2, 0) is 22.5 Å². The Balaban J connectivity index is 1.63. The van der Waals surface area contributed by atoms with Crippen LogP contribution in [0.2, 0.25) is 0 Å². The molecule has 38 heavy (non-hydrogen) atoms. The summed E-state index contributed by atoms with van der Waals surface area (Å²) < 4.78 is 12.1. The van der Waals surface area contributed by atoms with Gasteiger partial charge in [-0.25, -0.2) is 0 Å². The van der Waals surface area contributed by atoms with Gasteiger partial charge in [0, 0.05) is 5.56 Å². The minimum Gasteiger partial charge on any atom is -0.457 e. The van der Waals surface area contributed by atoms with Crippen LogP contribution in [0.1, 0.15) is 102 Å². The molecule has 212 valence electrons. The van der Waals surface area contributed by atoms with Gasteiger partial charge in [-0.1, -0.05) is 121 Å². The number of benzene rings is 2. The van der Waals surface area contributed by atoms with E-state index in [0.717, 1.165) is 36.2 Å². The number of nitrogens with zero attached hydrogens (tertiary/aromatic N) is 1. The SMILES string of the molecule is CCCCCCCCCCCCCc1cccc(OCOC(=O)C(CC)C[N+](C)(C)Cc2ccccc2)c1. The lowest BCUT2D eigenvalue weighted by molar-refractivity contribution is -0.906. The van der Waals surface area contributed by atoms with Crippen molar-refractivity contribution in [1.82, 2.24) is 0 Å². The van der Waals surface area contributed by atoms with Crippen molar-refractivity contribution in [3.8, 4) is 5.75 Å². The maximum Gasteiger partial charge on any atom is 0.317 e.